The number of hydrogen-bond donors (Lipinski definition) is 2. The van der Waals surface area contributed by atoms with Gasteiger partial charge in [-0.1, -0.05) is 55.3 Å². The smallest absolute Gasteiger partial charge is 0.332 e. The number of ether oxygens (including phenoxy) is 4. The molecule has 3 amide bonds. The second-order valence-corrected chi connectivity index (χ2v) is 13.1. The van der Waals surface area contributed by atoms with Gasteiger partial charge in [-0.15, -0.1) is 13.2 Å². The lowest BCUT2D eigenvalue weighted by atomic mass is 10.1. The molecule has 1 unspecified atom stereocenters. The first-order valence-corrected chi connectivity index (χ1v) is 17.8. The highest BCUT2D eigenvalue weighted by Crippen LogP contribution is 2.46. The van der Waals surface area contributed by atoms with Crippen molar-refractivity contribution in [3.8, 4) is 22.8 Å². The highest BCUT2D eigenvalue weighted by Gasteiger charge is 2.62. The molecule has 2 aliphatic rings. The first-order valence-electron chi connectivity index (χ1n) is 17.8. The zero-order valence-electron chi connectivity index (χ0n) is 30.1. The number of allylic oxidation sites excluding steroid dienone is 1. The molecule has 1 aliphatic carbocycles. The van der Waals surface area contributed by atoms with Crippen molar-refractivity contribution in [3.05, 3.63) is 79.9 Å². The monoisotopic (exact) mass is 712 g/mol. The van der Waals surface area contributed by atoms with Crippen molar-refractivity contribution in [1.29, 1.82) is 0 Å². The van der Waals surface area contributed by atoms with E-state index in [1.54, 1.807) is 20.1 Å². The molecule has 1 aliphatic heterocycles. The molecular formula is C40H48N4O8. The summed E-state index contributed by atoms with van der Waals surface area (Å²) >= 11 is 0. The van der Waals surface area contributed by atoms with Gasteiger partial charge in [0, 0.05) is 35.4 Å². The van der Waals surface area contributed by atoms with Gasteiger partial charge in [-0.2, -0.15) is 0 Å². The number of methoxy groups -OCH3 is 2. The molecular weight excluding hydrogens is 664 g/mol. The lowest BCUT2D eigenvalue weighted by Gasteiger charge is -2.27. The first kappa shape index (κ1) is 37.9. The molecule has 1 saturated carbocycles. The van der Waals surface area contributed by atoms with E-state index in [0.29, 0.717) is 42.0 Å². The molecule has 2 aromatic carbocycles. The van der Waals surface area contributed by atoms with E-state index in [-0.39, 0.29) is 25.5 Å². The fourth-order valence-electron chi connectivity index (χ4n) is 6.69. The van der Waals surface area contributed by atoms with Gasteiger partial charge in [0.1, 0.15) is 35.2 Å². The number of benzene rings is 2. The number of fused-ring (bicyclic) bond motifs is 1. The van der Waals surface area contributed by atoms with E-state index in [0.717, 1.165) is 30.2 Å². The van der Waals surface area contributed by atoms with Crippen LogP contribution in [0.3, 0.4) is 0 Å². The van der Waals surface area contributed by atoms with Crippen LogP contribution in [0, 0.1) is 5.92 Å². The predicted octanol–water partition coefficient (Wildman–Crippen LogP) is 5.74. The average Bonchev–Trinajstić information content (AvgIpc) is 3.72. The number of carbonyl (C=O) groups is 4. The van der Waals surface area contributed by atoms with Gasteiger partial charge in [0.15, 0.2) is 0 Å². The Bertz CT molecular complexity index is 1780. The Balaban J connectivity index is 1.44. The second-order valence-electron chi connectivity index (χ2n) is 13.1. The Labute approximate surface area is 304 Å². The summed E-state index contributed by atoms with van der Waals surface area (Å²) in [7, 11) is 2.86. The summed E-state index contributed by atoms with van der Waals surface area (Å²) in [6.07, 6.45) is 6.93. The minimum atomic E-state index is -1.26. The topological polar surface area (TPSA) is 145 Å². The Morgan fingerprint density at radius 1 is 1.06 bits per heavy atom. The molecule has 2 N–H and O–H groups in total. The van der Waals surface area contributed by atoms with Gasteiger partial charge in [-0.3, -0.25) is 4.79 Å². The van der Waals surface area contributed by atoms with Gasteiger partial charge in [-0.05, 0) is 44.7 Å². The van der Waals surface area contributed by atoms with Crippen molar-refractivity contribution in [3.63, 3.8) is 0 Å². The molecule has 0 spiro atoms. The standard InChI is InChI=1S/C40H48N4O8/c1-6-9-10-11-15-18-31(37(46)50-5)42-39(48)44-25-29(22-34(44)36(45)43-40(24-27(40)7-2)38(47)51-8-3)52-35-23-32(26-16-13-12-14-17-26)41-33-21-28(49-4)19-20-30(33)35/h6-7,12-14,16-17,19-21,23,27,29,31,34H,1-2,8-11,15,18,22,24-25H2,3-5H3,(H,42,48)(H,43,45)/t27-,29-,31?,34+,40-/m1/s1. The quantitative estimate of drug-likeness (QED) is 0.102. The maximum Gasteiger partial charge on any atom is 0.332 e. The minimum Gasteiger partial charge on any atom is -0.497 e. The summed E-state index contributed by atoms with van der Waals surface area (Å²) < 4.78 is 22.4. The summed E-state index contributed by atoms with van der Waals surface area (Å²) in [5.74, 6) is -0.832. The summed E-state index contributed by atoms with van der Waals surface area (Å²) in [6.45, 7) is 9.43. The van der Waals surface area contributed by atoms with E-state index in [4.69, 9.17) is 23.9 Å². The van der Waals surface area contributed by atoms with Gasteiger partial charge < -0.3 is 34.5 Å². The number of urea groups is 1. The third-order valence-corrected chi connectivity index (χ3v) is 9.64. The van der Waals surface area contributed by atoms with Crippen molar-refractivity contribution >= 4 is 34.8 Å². The Morgan fingerprint density at radius 3 is 2.52 bits per heavy atom. The summed E-state index contributed by atoms with van der Waals surface area (Å²) in [4.78, 5) is 60.1. The van der Waals surface area contributed by atoms with Gasteiger partial charge in [0.25, 0.3) is 0 Å². The van der Waals surface area contributed by atoms with Crippen LogP contribution in [0.5, 0.6) is 11.5 Å². The van der Waals surface area contributed by atoms with Crippen LogP contribution in [0.15, 0.2) is 79.9 Å². The minimum absolute atomic E-state index is 0.0229. The fraction of sp³-hybridized carbons (Fsp3) is 0.425. The van der Waals surface area contributed by atoms with Crippen LogP contribution in [0.25, 0.3) is 22.2 Å². The number of esters is 2. The van der Waals surface area contributed by atoms with Gasteiger partial charge in [0.05, 0.1) is 38.6 Å². The predicted molar refractivity (Wildman–Crippen MR) is 197 cm³/mol. The molecule has 2 fully saturated rings. The van der Waals surface area contributed by atoms with Crippen molar-refractivity contribution < 1.29 is 38.1 Å². The van der Waals surface area contributed by atoms with E-state index >= 15 is 0 Å². The van der Waals surface area contributed by atoms with Gasteiger partial charge in [0.2, 0.25) is 5.91 Å². The van der Waals surface area contributed by atoms with Crippen LogP contribution in [0.1, 0.15) is 51.9 Å². The lowest BCUT2D eigenvalue weighted by molar-refractivity contribution is -0.149. The third-order valence-electron chi connectivity index (χ3n) is 9.64. The second kappa shape index (κ2) is 17.2. The van der Waals surface area contributed by atoms with Crippen molar-refractivity contribution in [1.82, 2.24) is 20.5 Å². The number of carbonyl (C=O) groups excluding carboxylic acids is 4. The lowest BCUT2D eigenvalue weighted by Crippen LogP contribution is -2.56. The number of pyridine rings is 1. The molecule has 276 valence electrons. The molecule has 52 heavy (non-hydrogen) atoms. The number of unbranched alkanes of at least 4 members (excludes halogenated alkanes) is 3. The van der Waals surface area contributed by atoms with E-state index < -0.39 is 47.6 Å². The van der Waals surface area contributed by atoms with Crippen molar-refractivity contribution in [2.45, 2.75) is 75.6 Å². The molecule has 12 heteroatoms. The highest BCUT2D eigenvalue weighted by molar-refractivity contribution is 5.96. The molecule has 0 bridgehead atoms. The molecule has 5 atom stereocenters. The number of amides is 3. The molecule has 0 radical (unpaired) electrons. The molecule has 1 aromatic heterocycles. The summed E-state index contributed by atoms with van der Waals surface area (Å²) in [5, 5.41) is 6.42. The summed E-state index contributed by atoms with van der Waals surface area (Å²) in [5.41, 5.74) is 0.937. The highest BCUT2D eigenvalue weighted by atomic mass is 16.5. The number of aromatic nitrogens is 1. The van der Waals surface area contributed by atoms with E-state index in [1.807, 2.05) is 60.7 Å². The molecule has 12 nitrogen and oxygen atoms in total. The third kappa shape index (κ3) is 8.55. The largest absolute Gasteiger partial charge is 0.497 e. The zero-order chi connectivity index (χ0) is 37.3. The molecule has 2 heterocycles. The Hall–Kier alpha value is -5.39. The first-order chi connectivity index (χ1) is 25.2. The van der Waals surface area contributed by atoms with Crippen LogP contribution in [0.4, 0.5) is 4.79 Å². The van der Waals surface area contributed by atoms with Crippen molar-refractivity contribution in [2.24, 2.45) is 5.92 Å². The fourth-order valence-corrected chi connectivity index (χ4v) is 6.69. The van der Waals surface area contributed by atoms with Gasteiger partial charge in [-0.25, -0.2) is 19.4 Å². The maximum atomic E-state index is 14.1. The van der Waals surface area contributed by atoms with E-state index in [2.05, 4.69) is 23.8 Å². The zero-order valence-corrected chi connectivity index (χ0v) is 30.1. The van der Waals surface area contributed by atoms with Gasteiger partial charge >= 0.3 is 18.0 Å². The number of nitrogens with one attached hydrogen (secondary N) is 2. The Kier molecular flexibility index (Phi) is 12.5. The van der Waals surface area contributed by atoms with E-state index in [9.17, 15) is 19.2 Å². The average molecular weight is 713 g/mol. The van der Waals surface area contributed by atoms with Crippen LogP contribution < -0.4 is 20.1 Å². The number of hydrogen-bond acceptors (Lipinski definition) is 9. The summed E-state index contributed by atoms with van der Waals surface area (Å²) in [6, 6.07) is 14.4. The molecule has 5 rings (SSSR count). The Morgan fingerprint density at radius 2 is 1.85 bits per heavy atom. The van der Waals surface area contributed by atoms with Crippen LogP contribution >= 0.6 is 0 Å². The van der Waals surface area contributed by atoms with Crippen LogP contribution in [-0.2, 0) is 23.9 Å². The normalized spacial score (nSPS) is 21.1. The van der Waals surface area contributed by atoms with Crippen molar-refractivity contribution in [2.75, 3.05) is 27.4 Å². The van der Waals surface area contributed by atoms with Crippen LogP contribution in [0.2, 0.25) is 0 Å². The maximum absolute atomic E-state index is 14.1. The SMILES string of the molecule is C=CCCCCCC(NC(=O)N1C[C@H](Oc2cc(-c3ccccc3)nc3cc(OC)ccc23)C[C@H]1C(=O)N[C@]1(C(=O)OCC)C[C@H]1C=C)C(=O)OC. The number of rotatable bonds is 17. The number of nitrogens with zero attached hydrogens (tertiary/aromatic N) is 2. The van der Waals surface area contributed by atoms with E-state index in [1.165, 1.54) is 12.0 Å². The molecule has 3 aromatic rings. The van der Waals surface area contributed by atoms with Crippen LogP contribution in [-0.4, -0.2) is 84.9 Å². The molecule has 1 saturated heterocycles. The number of likely N-dealkylation sites (tertiary alicyclic amines) is 1.